The Kier molecular flexibility index (Phi) is 11.4. The molecule has 0 amide bonds. The first kappa shape index (κ1) is 28.7. The van der Waals surface area contributed by atoms with Crippen LogP contribution >= 0.6 is 0 Å². The number of benzene rings is 1. The molecule has 0 aliphatic heterocycles. The van der Waals surface area contributed by atoms with Gasteiger partial charge in [-0.2, -0.15) is 13.2 Å². The van der Waals surface area contributed by atoms with Gasteiger partial charge in [-0.05, 0) is 114 Å². The van der Waals surface area contributed by atoms with E-state index in [1.807, 2.05) is 20.8 Å². The van der Waals surface area contributed by atoms with Crippen molar-refractivity contribution in [3.8, 4) is 0 Å². The van der Waals surface area contributed by atoms with Crippen LogP contribution in [0.25, 0.3) is 0 Å². The summed E-state index contributed by atoms with van der Waals surface area (Å²) in [6, 6.07) is 8.46. The number of unbranched alkanes of at least 4 members (excludes halogenated alkanes) is 1. The first-order valence-corrected chi connectivity index (χ1v) is 12.9. The van der Waals surface area contributed by atoms with E-state index >= 15 is 0 Å². The van der Waals surface area contributed by atoms with E-state index in [0.717, 1.165) is 50.5 Å². The summed E-state index contributed by atoms with van der Waals surface area (Å²) >= 11 is 0. The molecule has 0 bridgehead atoms. The lowest BCUT2D eigenvalue weighted by Crippen LogP contribution is -2.24. The second kappa shape index (κ2) is 13.5. The van der Waals surface area contributed by atoms with Crippen LogP contribution in [0.15, 0.2) is 24.3 Å². The summed E-state index contributed by atoms with van der Waals surface area (Å²) < 4.78 is 42.2. The highest BCUT2D eigenvalue weighted by molar-refractivity contribution is 5.75. The largest absolute Gasteiger partial charge is 0.465 e. The van der Waals surface area contributed by atoms with Gasteiger partial charge < -0.3 is 9.84 Å². The smallest absolute Gasteiger partial charge is 0.389 e. The average molecular weight is 485 g/mol. The maximum absolute atomic E-state index is 12.3. The lowest BCUT2D eigenvalue weighted by atomic mass is 9.75. The zero-order valence-corrected chi connectivity index (χ0v) is 21.1. The van der Waals surface area contributed by atoms with Gasteiger partial charge >= 0.3 is 12.1 Å². The van der Waals surface area contributed by atoms with Gasteiger partial charge in [0.25, 0.3) is 0 Å². The number of hydrogen-bond acceptors (Lipinski definition) is 3. The fourth-order valence-corrected chi connectivity index (χ4v) is 4.91. The van der Waals surface area contributed by atoms with Gasteiger partial charge in [0.15, 0.2) is 0 Å². The number of alkyl halides is 3. The summed E-state index contributed by atoms with van der Waals surface area (Å²) in [6.07, 6.45) is 3.90. The van der Waals surface area contributed by atoms with Crippen molar-refractivity contribution in [1.29, 1.82) is 0 Å². The Morgan fingerprint density at radius 3 is 2.24 bits per heavy atom. The van der Waals surface area contributed by atoms with Gasteiger partial charge in [-0.1, -0.05) is 24.3 Å². The zero-order valence-electron chi connectivity index (χ0n) is 21.1. The molecule has 1 aliphatic carbocycles. The SMILES string of the molecule is CC(C)(C)C(=O)OCCC(CCO)CC1CCC(c2ccc(CCCCC(F)(F)F)cc2)CC1. The monoisotopic (exact) mass is 484 g/mol. The van der Waals surface area contributed by atoms with E-state index in [0.29, 0.717) is 37.2 Å². The topological polar surface area (TPSA) is 46.5 Å². The van der Waals surface area contributed by atoms with Crippen LogP contribution in [0.5, 0.6) is 0 Å². The van der Waals surface area contributed by atoms with Crippen LogP contribution in [0.1, 0.15) is 102 Å². The van der Waals surface area contributed by atoms with Crippen molar-refractivity contribution in [3.63, 3.8) is 0 Å². The van der Waals surface area contributed by atoms with Gasteiger partial charge in [-0.15, -0.1) is 0 Å². The van der Waals surface area contributed by atoms with E-state index in [-0.39, 0.29) is 19.0 Å². The van der Waals surface area contributed by atoms with Crippen LogP contribution in [-0.4, -0.2) is 30.5 Å². The Balaban J connectivity index is 1.73. The Morgan fingerprint density at radius 1 is 1.03 bits per heavy atom. The molecule has 3 nitrogen and oxygen atoms in total. The summed E-state index contributed by atoms with van der Waals surface area (Å²) in [7, 11) is 0. The zero-order chi connectivity index (χ0) is 25.2. The minimum absolute atomic E-state index is 0.162. The van der Waals surface area contributed by atoms with Crippen molar-refractivity contribution in [2.24, 2.45) is 17.3 Å². The highest BCUT2D eigenvalue weighted by atomic mass is 19.4. The summed E-state index contributed by atoms with van der Waals surface area (Å²) in [5, 5.41) is 9.46. The number of rotatable bonds is 12. The van der Waals surface area contributed by atoms with E-state index in [1.165, 1.54) is 5.56 Å². The Morgan fingerprint density at radius 2 is 1.68 bits per heavy atom. The van der Waals surface area contributed by atoms with E-state index in [4.69, 9.17) is 4.74 Å². The first-order chi connectivity index (χ1) is 16.0. The third-order valence-corrected chi connectivity index (χ3v) is 7.05. The summed E-state index contributed by atoms with van der Waals surface area (Å²) in [4.78, 5) is 12.0. The van der Waals surface area contributed by atoms with Crippen molar-refractivity contribution >= 4 is 5.97 Å². The molecule has 1 saturated carbocycles. The van der Waals surface area contributed by atoms with Crippen molar-refractivity contribution in [1.82, 2.24) is 0 Å². The fourth-order valence-electron chi connectivity index (χ4n) is 4.91. The molecule has 0 radical (unpaired) electrons. The number of hydrogen-bond donors (Lipinski definition) is 1. The van der Waals surface area contributed by atoms with Crippen LogP contribution in [-0.2, 0) is 16.0 Å². The number of ether oxygens (including phenoxy) is 1. The Bertz CT molecular complexity index is 714. The molecule has 1 aromatic rings. The minimum Gasteiger partial charge on any atom is -0.465 e. The van der Waals surface area contributed by atoms with Gasteiger partial charge in [-0.3, -0.25) is 4.79 Å². The van der Waals surface area contributed by atoms with E-state index in [1.54, 1.807) is 0 Å². The van der Waals surface area contributed by atoms with Crippen LogP contribution in [0.3, 0.4) is 0 Å². The van der Waals surface area contributed by atoms with E-state index < -0.39 is 18.0 Å². The van der Waals surface area contributed by atoms with Crippen LogP contribution in [0, 0.1) is 17.3 Å². The number of aliphatic hydroxyl groups excluding tert-OH is 1. The molecule has 1 aliphatic rings. The van der Waals surface area contributed by atoms with Gasteiger partial charge in [-0.25, -0.2) is 0 Å². The standard InChI is InChI=1S/C28H43F3O3/c1-27(2,3)26(33)34-19-16-23(15-18-32)20-22-9-13-25(14-10-22)24-11-7-21(8-12-24)6-4-5-17-28(29,30)31/h7-8,11-12,22-23,25,32H,4-6,9-10,13-20H2,1-3H3. The number of halogens is 3. The predicted molar refractivity (Wildman–Crippen MR) is 130 cm³/mol. The molecule has 6 heteroatoms. The van der Waals surface area contributed by atoms with Gasteiger partial charge in [0.1, 0.15) is 0 Å². The molecule has 0 saturated heterocycles. The maximum atomic E-state index is 12.3. The summed E-state index contributed by atoms with van der Waals surface area (Å²) in [6.45, 7) is 6.14. The molecule has 1 N–H and O–H groups in total. The van der Waals surface area contributed by atoms with Gasteiger partial charge in [0, 0.05) is 13.0 Å². The number of aliphatic hydroxyl groups is 1. The molecule has 194 valence electrons. The Labute approximate surface area is 203 Å². The molecule has 0 spiro atoms. The molecule has 1 fully saturated rings. The molecule has 1 atom stereocenters. The highest BCUT2D eigenvalue weighted by Crippen LogP contribution is 2.39. The molecular formula is C28H43F3O3. The third-order valence-electron chi connectivity index (χ3n) is 7.05. The number of esters is 1. The van der Waals surface area contributed by atoms with Gasteiger partial charge in [0.05, 0.1) is 12.0 Å². The second-order valence-electron chi connectivity index (χ2n) is 11.1. The number of aryl methyl sites for hydroxylation is 1. The minimum atomic E-state index is -4.06. The molecule has 0 heterocycles. The second-order valence-corrected chi connectivity index (χ2v) is 11.1. The predicted octanol–water partition coefficient (Wildman–Crippen LogP) is 7.60. The van der Waals surface area contributed by atoms with Crippen LogP contribution in [0.4, 0.5) is 13.2 Å². The van der Waals surface area contributed by atoms with Crippen molar-refractivity contribution in [3.05, 3.63) is 35.4 Å². The fraction of sp³-hybridized carbons (Fsp3) is 0.750. The normalized spacial score (nSPS) is 20.2. The highest BCUT2D eigenvalue weighted by Gasteiger charge is 2.27. The molecule has 2 rings (SSSR count). The van der Waals surface area contributed by atoms with Crippen molar-refractivity contribution in [2.75, 3.05) is 13.2 Å². The number of carbonyl (C=O) groups excluding carboxylic acids is 1. The Hall–Kier alpha value is -1.56. The van der Waals surface area contributed by atoms with E-state index in [2.05, 4.69) is 24.3 Å². The lowest BCUT2D eigenvalue weighted by Gasteiger charge is -2.31. The first-order valence-electron chi connectivity index (χ1n) is 12.9. The summed E-state index contributed by atoms with van der Waals surface area (Å²) in [5.41, 5.74) is 1.95. The molecule has 0 aromatic heterocycles. The molecule has 1 unspecified atom stereocenters. The molecule has 34 heavy (non-hydrogen) atoms. The summed E-state index contributed by atoms with van der Waals surface area (Å²) in [5.74, 6) is 1.37. The quantitative estimate of drug-likeness (QED) is 0.245. The maximum Gasteiger partial charge on any atom is 0.389 e. The molecular weight excluding hydrogens is 441 g/mol. The molecule has 1 aromatic carbocycles. The number of carbonyl (C=O) groups is 1. The van der Waals surface area contributed by atoms with E-state index in [9.17, 15) is 23.1 Å². The van der Waals surface area contributed by atoms with Crippen molar-refractivity contribution < 1.29 is 27.8 Å². The van der Waals surface area contributed by atoms with Crippen molar-refractivity contribution in [2.45, 2.75) is 103 Å². The van der Waals surface area contributed by atoms with Gasteiger partial charge in [0.2, 0.25) is 0 Å². The van der Waals surface area contributed by atoms with Crippen LogP contribution in [0.2, 0.25) is 0 Å². The average Bonchev–Trinajstić information content (AvgIpc) is 2.76. The third kappa shape index (κ3) is 10.8. The lowest BCUT2D eigenvalue weighted by molar-refractivity contribution is -0.153. The van der Waals surface area contributed by atoms with Crippen LogP contribution < -0.4 is 0 Å².